The fraction of sp³-hybridized carbons (Fsp3) is 0.320. The van der Waals surface area contributed by atoms with Crippen LogP contribution in [0.2, 0.25) is 0 Å². The number of carbonyl (C=O) groups excluding carboxylic acids is 1. The lowest BCUT2D eigenvalue weighted by atomic mass is 10.1. The molecule has 1 N–H and O–H groups in total. The SMILES string of the molecule is CCc1c(C)c(C(=O)NCc2ccc3c(c2)OCO3)n(Cc2cccc(OC)c2)c1C. The molecule has 2 aromatic carbocycles. The fourth-order valence-electron chi connectivity index (χ4n) is 4.23. The van der Waals surface area contributed by atoms with E-state index in [0.717, 1.165) is 40.3 Å². The van der Waals surface area contributed by atoms with Crippen molar-refractivity contribution in [2.24, 2.45) is 0 Å². The highest BCUT2D eigenvalue weighted by molar-refractivity contribution is 5.95. The quantitative estimate of drug-likeness (QED) is 0.616. The van der Waals surface area contributed by atoms with E-state index in [-0.39, 0.29) is 12.7 Å². The molecule has 31 heavy (non-hydrogen) atoms. The largest absolute Gasteiger partial charge is 0.497 e. The van der Waals surface area contributed by atoms with E-state index >= 15 is 0 Å². The summed E-state index contributed by atoms with van der Waals surface area (Å²) in [6.45, 7) is 7.50. The summed E-state index contributed by atoms with van der Waals surface area (Å²) in [5, 5.41) is 3.08. The Bertz CT molecular complexity index is 1120. The Morgan fingerprint density at radius 2 is 1.90 bits per heavy atom. The van der Waals surface area contributed by atoms with E-state index in [9.17, 15) is 4.79 Å². The summed E-state index contributed by atoms with van der Waals surface area (Å²) in [6, 6.07) is 13.7. The third-order valence-electron chi connectivity index (χ3n) is 5.85. The van der Waals surface area contributed by atoms with Crippen LogP contribution in [0.5, 0.6) is 17.2 Å². The molecule has 0 fully saturated rings. The van der Waals surface area contributed by atoms with Crippen LogP contribution in [0.25, 0.3) is 0 Å². The molecule has 0 bridgehead atoms. The van der Waals surface area contributed by atoms with E-state index < -0.39 is 0 Å². The summed E-state index contributed by atoms with van der Waals surface area (Å²) in [5.74, 6) is 2.18. The topological polar surface area (TPSA) is 61.7 Å². The molecule has 3 aromatic rings. The fourth-order valence-corrected chi connectivity index (χ4v) is 4.23. The minimum atomic E-state index is -0.0825. The summed E-state index contributed by atoms with van der Waals surface area (Å²) >= 11 is 0. The zero-order valence-electron chi connectivity index (χ0n) is 18.5. The van der Waals surface area contributed by atoms with Crippen molar-refractivity contribution in [3.05, 3.63) is 76.1 Å². The van der Waals surface area contributed by atoms with Crippen molar-refractivity contribution in [2.75, 3.05) is 13.9 Å². The molecule has 1 aliphatic heterocycles. The minimum Gasteiger partial charge on any atom is -0.497 e. The molecule has 0 aliphatic carbocycles. The molecule has 0 atom stereocenters. The Kier molecular flexibility index (Phi) is 5.89. The average molecular weight is 421 g/mol. The van der Waals surface area contributed by atoms with Crippen LogP contribution in [0, 0.1) is 13.8 Å². The Morgan fingerprint density at radius 3 is 2.68 bits per heavy atom. The van der Waals surface area contributed by atoms with E-state index in [1.165, 1.54) is 5.56 Å². The molecule has 2 heterocycles. The van der Waals surface area contributed by atoms with Crippen molar-refractivity contribution in [3.8, 4) is 17.2 Å². The number of methoxy groups -OCH3 is 1. The van der Waals surface area contributed by atoms with E-state index in [4.69, 9.17) is 14.2 Å². The van der Waals surface area contributed by atoms with Gasteiger partial charge in [-0.2, -0.15) is 0 Å². The second kappa shape index (κ2) is 8.76. The van der Waals surface area contributed by atoms with Gasteiger partial charge in [0.05, 0.1) is 7.11 Å². The normalized spacial score (nSPS) is 12.1. The highest BCUT2D eigenvalue weighted by atomic mass is 16.7. The van der Waals surface area contributed by atoms with Gasteiger partial charge in [0.2, 0.25) is 6.79 Å². The summed E-state index contributed by atoms with van der Waals surface area (Å²) in [7, 11) is 1.66. The monoisotopic (exact) mass is 420 g/mol. The molecule has 6 nitrogen and oxygen atoms in total. The van der Waals surface area contributed by atoms with Crippen molar-refractivity contribution < 1.29 is 19.0 Å². The van der Waals surface area contributed by atoms with Crippen LogP contribution < -0.4 is 19.5 Å². The zero-order valence-corrected chi connectivity index (χ0v) is 18.5. The molecule has 0 unspecified atom stereocenters. The molecule has 1 aliphatic rings. The number of hydrogen-bond donors (Lipinski definition) is 1. The van der Waals surface area contributed by atoms with E-state index in [2.05, 4.69) is 29.8 Å². The molecular weight excluding hydrogens is 392 g/mol. The first-order valence-electron chi connectivity index (χ1n) is 10.5. The summed E-state index contributed by atoms with van der Waals surface area (Å²) < 4.78 is 18.3. The molecule has 1 amide bonds. The maximum atomic E-state index is 13.3. The average Bonchev–Trinajstić information content (AvgIpc) is 3.34. The van der Waals surface area contributed by atoms with Crippen molar-refractivity contribution in [1.82, 2.24) is 9.88 Å². The number of benzene rings is 2. The van der Waals surface area contributed by atoms with Crippen LogP contribution in [-0.2, 0) is 19.5 Å². The number of aromatic nitrogens is 1. The minimum absolute atomic E-state index is 0.0825. The highest BCUT2D eigenvalue weighted by Gasteiger charge is 2.22. The van der Waals surface area contributed by atoms with Crippen LogP contribution in [0.4, 0.5) is 0 Å². The van der Waals surface area contributed by atoms with Gasteiger partial charge < -0.3 is 24.1 Å². The van der Waals surface area contributed by atoms with Crippen LogP contribution in [0.3, 0.4) is 0 Å². The van der Waals surface area contributed by atoms with Crippen LogP contribution in [-0.4, -0.2) is 24.4 Å². The van der Waals surface area contributed by atoms with E-state index in [1.807, 2.05) is 43.3 Å². The van der Waals surface area contributed by atoms with E-state index in [0.29, 0.717) is 24.5 Å². The number of carbonyl (C=O) groups is 1. The predicted molar refractivity (Wildman–Crippen MR) is 119 cm³/mol. The van der Waals surface area contributed by atoms with E-state index in [1.54, 1.807) is 7.11 Å². The van der Waals surface area contributed by atoms with Crippen molar-refractivity contribution >= 4 is 5.91 Å². The smallest absolute Gasteiger partial charge is 0.268 e. The van der Waals surface area contributed by atoms with Gasteiger partial charge in [0.15, 0.2) is 11.5 Å². The first-order chi connectivity index (χ1) is 15.0. The molecule has 6 heteroatoms. The van der Waals surface area contributed by atoms with Gasteiger partial charge in [-0.15, -0.1) is 0 Å². The summed E-state index contributed by atoms with van der Waals surface area (Å²) in [5.41, 5.74) is 6.13. The molecule has 0 spiro atoms. The van der Waals surface area contributed by atoms with Gasteiger partial charge in [0.25, 0.3) is 5.91 Å². The second-order valence-electron chi connectivity index (χ2n) is 7.70. The molecule has 0 radical (unpaired) electrons. The number of fused-ring (bicyclic) bond motifs is 1. The molecule has 4 rings (SSSR count). The van der Waals surface area contributed by atoms with Crippen LogP contribution >= 0.6 is 0 Å². The van der Waals surface area contributed by atoms with Gasteiger partial charge in [0, 0.05) is 18.8 Å². The van der Waals surface area contributed by atoms with Gasteiger partial charge in [-0.3, -0.25) is 4.79 Å². The third-order valence-corrected chi connectivity index (χ3v) is 5.85. The zero-order chi connectivity index (χ0) is 22.0. The highest BCUT2D eigenvalue weighted by Crippen LogP contribution is 2.32. The van der Waals surface area contributed by atoms with Gasteiger partial charge in [-0.05, 0) is 66.8 Å². The maximum Gasteiger partial charge on any atom is 0.268 e. The Morgan fingerprint density at radius 1 is 1.10 bits per heavy atom. The first kappa shape index (κ1) is 20.8. The summed E-state index contributed by atoms with van der Waals surface area (Å²) in [6.07, 6.45) is 0.880. The Labute approximate surface area is 182 Å². The first-order valence-corrected chi connectivity index (χ1v) is 10.5. The molecule has 0 saturated carbocycles. The number of ether oxygens (including phenoxy) is 3. The lowest BCUT2D eigenvalue weighted by molar-refractivity contribution is 0.0941. The van der Waals surface area contributed by atoms with Crippen LogP contribution in [0.1, 0.15) is 45.4 Å². The third kappa shape index (κ3) is 4.10. The van der Waals surface area contributed by atoms with Crippen molar-refractivity contribution in [1.29, 1.82) is 0 Å². The Hall–Kier alpha value is -3.41. The Balaban J connectivity index is 1.59. The van der Waals surface area contributed by atoms with Crippen LogP contribution in [0.15, 0.2) is 42.5 Å². The lowest BCUT2D eigenvalue weighted by Gasteiger charge is -2.14. The molecule has 1 aromatic heterocycles. The lowest BCUT2D eigenvalue weighted by Crippen LogP contribution is -2.26. The van der Waals surface area contributed by atoms with Gasteiger partial charge in [-0.1, -0.05) is 25.1 Å². The standard InChI is InChI=1S/C25H28N2O4/c1-5-21-16(2)24(27(17(21)3)14-19-7-6-8-20(11-19)29-4)25(28)26-13-18-9-10-22-23(12-18)31-15-30-22/h6-12H,5,13-15H2,1-4H3,(H,26,28). The van der Waals surface area contributed by atoms with Gasteiger partial charge >= 0.3 is 0 Å². The number of amides is 1. The number of rotatable bonds is 7. The number of hydrogen-bond acceptors (Lipinski definition) is 4. The second-order valence-corrected chi connectivity index (χ2v) is 7.70. The predicted octanol–water partition coefficient (Wildman–Crippen LogP) is 4.38. The molecule has 0 saturated heterocycles. The maximum absolute atomic E-state index is 13.3. The number of nitrogens with one attached hydrogen (secondary N) is 1. The summed E-state index contributed by atoms with van der Waals surface area (Å²) in [4.78, 5) is 13.3. The van der Waals surface area contributed by atoms with Gasteiger partial charge in [-0.25, -0.2) is 0 Å². The number of nitrogens with zero attached hydrogens (tertiary/aromatic N) is 1. The van der Waals surface area contributed by atoms with Crippen molar-refractivity contribution in [2.45, 2.75) is 40.3 Å². The molecular formula is C25H28N2O4. The molecule has 162 valence electrons. The van der Waals surface area contributed by atoms with Crippen molar-refractivity contribution in [3.63, 3.8) is 0 Å². The van der Waals surface area contributed by atoms with Gasteiger partial charge in [0.1, 0.15) is 11.4 Å².